The van der Waals surface area contributed by atoms with E-state index < -0.39 is 0 Å². The SMILES string of the molecule is CC.CCCC(C)C1=CC=C(N(C)C)CC1. The molecule has 0 aliphatic heterocycles. The molecule has 0 spiro atoms. The summed E-state index contributed by atoms with van der Waals surface area (Å²) in [6.07, 6.45) is 9.71. The third-order valence-electron chi connectivity index (χ3n) is 3.09. The van der Waals surface area contributed by atoms with Crippen molar-refractivity contribution in [3.63, 3.8) is 0 Å². The minimum Gasteiger partial charge on any atom is -0.381 e. The van der Waals surface area contributed by atoms with Gasteiger partial charge in [0.2, 0.25) is 0 Å². The lowest BCUT2D eigenvalue weighted by atomic mass is 9.89. The van der Waals surface area contributed by atoms with Crippen molar-refractivity contribution in [2.75, 3.05) is 14.1 Å². The molecule has 0 N–H and O–H groups in total. The zero-order valence-electron chi connectivity index (χ0n) is 12.0. The summed E-state index contributed by atoms with van der Waals surface area (Å²) in [5, 5.41) is 0. The van der Waals surface area contributed by atoms with E-state index in [2.05, 4.69) is 45.0 Å². The minimum atomic E-state index is 0.778. The highest BCUT2D eigenvalue weighted by Gasteiger charge is 2.12. The van der Waals surface area contributed by atoms with Crippen LogP contribution in [0.15, 0.2) is 23.4 Å². The topological polar surface area (TPSA) is 3.24 Å². The highest BCUT2D eigenvalue weighted by molar-refractivity contribution is 5.24. The molecule has 0 aromatic carbocycles. The van der Waals surface area contributed by atoms with Crippen molar-refractivity contribution in [2.24, 2.45) is 5.92 Å². The fraction of sp³-hybridized carbons (Fsp3) is 0.733. The van der Waals surface area contributed by atoms with Crippen LogP contribution < -0.4 is 0 Å². The van der Waals surface area contributed by atoms with Crippen molar-refractivity contribution in [2.45, 2.75) is 53.4 Å². The third kappa shape index (κ3) is 4.87. The van der Waals surface area contributed by atoms with Crippen LogP contribution in [-0.2, 0) is 0 Å². The van der Waals surface area contributed by atoms with Crippen molar-refractivity contribution >= 4 is 0 Å². The van der Waals surface area contributed by atoms with Crippen LogP contribution in [0.1, 0.15) is 53.4 Å². The quantitative estimate of drug-likeness (QED) is 0.672. The Morgan fingerprint density at radius 2 is 1.81 bits per heavy atom. The normalized spacial score (nSPS) is 16.6. The molecule has 0 saturated heterocycles. The van der Waals surface area contributed by atoms with Gasteiger partial charge in [-0.1, -0.05) is 45.8 Å². The first-order chi connectivity index (χ1) is 7.65. The molecular formula is C15H29N. The molecule has 0 radical (unpaired) electrons. The fourth-order valence-electron chi connectivity index (χ4n) is 2.04. The van der Waals surface area contributed by atoms with Gasteiger partial charge < -0.3 is 4.90 Å². The maximum atomic E-state index is 2.35. The third-order valence-corrected chi connectivity index (χ3v) is 3.09. The summed E-state index contributed by atoms with van der Waals surface area (Å²) in [7, 11) is 4.25. The van der Waals surface area contributed by atoms with Crippen molar-refractivity contribution in [1.82, 2.24) is 4.90 Å². The molecule has 0 aromatic heterocycles. The molecule has 1 nitrogen and oxygen atoms in total. The van der Waals surface area contributed by atoms with Gasteiger partial charge in [-0.2, -0.15) is 0 Å². The van der Waals surface area contributed by atoms with Gasteiger partial charge in [-0.05, 0) is 31.3 Å². The maximum absolute atomic E-state index is 2.35. The first kappa shape index (κ1) is 15.3. The predicted octanol–water partition coefficient (Wildman–Crippen LogP) is 4.61. The second-order valence-electron chi connectivity index (χ2n) is 4.48. The number of allylic oxidation sites excluding steroid dienone is 4. The Kier molecular flexibility index (Phi) is 8.05. The van der Waals surface area contributed by atoms with E-state index in [1.807, 2.05) is 13.8 Å². The molecule has 0 fully saturated rings. The van der Waals surface area contributed by atoms with Gasteiger partial charge in [-0.3, -0.25) is 0 Å². The lowest BCUT2D eigenvalue weighted by molar-refractivity contribution is 0.473. The summed E-state index contributed by atoms with van der Waals surface area (Å²) in [6.45, 7) is 8.62. The smallest absolute Gasteiger partial charge is 0.0131 e. The second-order valence-corrected chi connectivity index (χ2v) is 4.48. The predicted molar refractivity (Wildman–Crippen MR) is 74.5 cm³/mol. The Labute approximate surface area is 102 Å². The molecule has 1 aliphatic rings. The van der Waals surface area contributed by atoms with Crippen LogP contribution in [0.25, 0.3) is 0 Å². The van der Waals surface area contributed by atoms with E-state index in [4.69, 9.17) is 0 Å². The Morgan fingerprint density at radius 1 is 1.19 bits per heavy atom. The lowest BCUT2D eigenvalue weighted by Gasteiger charge is -2.23. The molecule has 1 atom stereocenters. The molecular weight excluding hydrogens is 194 g/mol. The van der Waals surface area contributed by atoms with Gasteiger partial charge in [-0.15, -0.1) is 0 Å². The molecule has 0 amide bonds. The largest absolute Gasteiger partial charge is 0.381 e. The molecule has 1 rings (SSSR count). The number of rotatable bonds is 4. The fourth-order valence-corrected chi connectivity index (χ4v) is 2.04. The molecule has 1 unspecified atom stereocenters. The molecule has 0 saturated carbocycles. The highest BCUT2D eigenvalue weighted by atomic mass is 15.1. The number of hydrogen-bond donors (Lipinski definition) is 0. The van der Waals surface area contributed by atoms with Crippen LogP contribution in [0.4, 0.5) is 0 Å². The van der Waals surface area contributed by atoms with Gasteiger partial charge in [0.1, 0.15) is 0 Å². The molecule has 1 heteroatoms. The standard InChI is InChI=1S/C13H23N.C2H6/c1-5-6-11(2)12-7-9-13(10-8-12)14(3)4;1-2/h7,9,11H,5-6,8,10H2,1-4H3;1-2H3. The van der Waals surface area contributed by atoms with E-state index in [0.29, 0.717) is 0 Å². The summed E-state index contributed by atoms with van der Waals surface area (Å²) in [6, 6.07) is 0. The van der Waals surface area contributed by atoms with Gasteiger partial charge in [0.15, 0.2) is 0 Å². The Hall–Kier alpha value is -0.720. The van der Waals surface area contributed by atoms with Crippen molar-refractivity contribution in [3.8, 4) is 0 Å². The van der Waals surface area contributed by atoms with E-state index in [1.165, 1.54) is 31.4 Å². The number of hydrogen-bond acceptors (Lipinski definition) is 1. The van der Waals surface area contributed by atoms with Crippen LogP contribution in [0.2, 0.25) is 0 Å². The van der Waals surface area contributed by atoms with Gasteiger partial charge >= 0.3 is 0 Å². The summed E-state index contributed by atoms with van der Waals surface area (Å²) >= 11 is 0. The minimum absolute atomic E-state index is 0.778. The van der Waals surface area contributed by atoms with E-state index in [1.54, 1.807) is 5.57 Å². The van der Waals surface area contributed by atoms with Crippen molar-refractivity contribution in [1.29, 1.82) is 0 Å². The van der Waals surface area contributed by atoms with Gasteiger partial charge in [0, 0.05) is 19.8 Å². The van der Waals surface area contributed by atoms with Crippen molar-refractivity contribution in [3.05, 3.63) is 23.4 Å². The zero-order valence-corrected chi connectivity index (χ0v) is 12.0. The molecule has 0 aromatic rings. The number of nitrogens with zero attached hydrogens (tertiary/aromatic N) is 1. The van der Waals surface area contributed by atoms with Crippen LogP contribution in [0.3, 0.4) is 0 Å². The molecule has 0 heterocycles. The lowest BCUT2D eigenvalue weighted by Crippen LogP contribution is -2.14. The van der Waals surface area contributed by atoms with Gasteiger partial charge in [0.05, 0.1) is 0 Å². The average Bonchev–Trinajstić information content (AvgIpc) is 2.32. The average molecular weight is 223 g/mol. The van der Waals surface area contributed by atoms with Crippen LogP contribution in [-0.4, -0.2) is 19.0 Å². The second kappa shape index (κ2) is 8.43. The monoisotopic (exact) mass is 223 g/mol. The first-order valence-electron chi connectivity index (χ1n) is 6.72. The van der Waals surface area contributed by atoms with Gasteiger partial charge in [0.25, 0.3) is 0 Å². The van der Waals surface area contributed by atoms with E-state index in [-0.39, 0.29) is 0 Å². The van der Waals surface area contributed by atoms with Crippen LogP contribution >= 0.6 is 0 Å². The summed E-state index contributed by atoms with van der Waals surface area (Å²) < 4.78 is 0. The van der Waals surface area contributed by atoms with Crippen LogP contribution in [0.5, 0.6) is 0 Å². The van der Waals surface area contributed by atoms with Gasteiger partial charge in [-0.25, -0.2) is 0 Å². The molecule has 94 valence electrons. The Balaban J connectivity index is 0.00000106. The zero-order chi connectivity index (χ0) is 12.6. The van der Waals surface area contributed by atoms with Crippen LogP contribution in [0, 0.1) is 5.92 Å². The van der Waals surface area contributed by atoms with E-state index in [9.17, 15) is 0 Å². The molecule has 16 heavy (non-hydrogen) atoms. The van der Waals surface area contributed by atoms with E-state index >= 15 is 0 Å². The van der Waals surface area contributed by atoms with Crippen molar-refractivity contribution < 1.29 is 0 Å². The molecule has 0 bridgehead atoms. The summed E-state index contributed by atoms with van der Waals surface area (Å²) in [5.41, 5.74) is 3.09. The summed E-state index contributed by atoms with van der Waals surface area (Å²) in [5.74, 6) is 0.778. The Morgan fingerprint density at radius 3 is 2.19 bits per heavy atom. The highest BCUT2D eigenvalue weighted by Crippen LogP contribution is 2.27. The first-order valence-corrected chi connectivity index (χ1v) is 6.72. The summed E-state index contributed by atoms with van der Waals surface area (Å²) in [4.78, 5) is 2.22. The van der Waals surface area contributed by atoms with E-state index in [0.717, 1.165) is 5.92 Å². The Bertz CT molecular complexity index is 236. The maximum Gasteiger partial charge on any atom is 0.0131 e. The molecule has 1 aliphatic carbocycles.